The van der Waals surface area contributed by atoms with Crippen molar-refractivity contribution in [2.75, 3.05) is 7.11 Å². The van der Waals surface area contributed by atoms with Crippen LogP contribution in [0.15, 0.2) is 47.5 Å². The summed E-state index contributed by atoms with van der Waals surface area (Å²) < 4.78 is 33.6. The topological polar surface area (TPSA) is 137 Å². The number of nitrogens with zero attached hydrogens (tertiary/aromatic N) is 4. The van der Waals surface area contributed by atoms with E-state index in [0.717, 1.165) is 31.9 Å². The Labute approximate surface area is 232 Å². The number of hydrogen-bond acceptors (Lipinski definition) is 7. The standard InChI is InChI=1S/C28H37F2N7O3/c1-16(2)37-22(10-12-34-37)26(38)36-25(24(17-6-7-17)18-8-9-18)27(39)35-19(14-31)15-33-21(13-23(29)30)20-5-4-11-32-28(20)40-3/h4-5,10-12,14-18,21,23-25H,6-9,13,31H2,1-3H3,(H,35,39)(H,36,38)/b19-14+,33-15?. The number of methoxy groups -OCH3 is 1. The van der Waals surface area contributed by atoms with Crippen molar-refractivity contribution in [3.63, 3.8) is 0 Å². The highest BCUT2D eigenvalue weighted by Crippen LogP contribution is 2.50. The Bertz CT molecular complexity index is 1230. The maximum Gasteiger partial charge on any atom is 0.270 e. The first-order valence-electron chi connectivity index (χ1n) is 13.6. The van der Waals surface area contributed by atoms with E-state index < -0.39 is 30.8 Å². The van der Waals surface area contributed by atoms with Gasteiger partial charge in [0.1, 0.15) is 11.7 Å². The maximum absolute atomic E-state index is 13.7. The molecule has 10 nitrogen and oxygen atoms in total. The van der Waals surface area contributed by atoms with E-state index in [1.54, 1.807) is 29.1 Å². The number of allylic oxidation sites excluding steroid dienone is 1. The third-order valence-corrected chi connectivity index (χ3v) is 7.27. The summed E-state index contributed by atoms with van der Waals surface area (Å²) in [7, 11) is 1.40. The number of nitrogens with one attached hydrogen (secondary N) is 2. The van der Waals surface area contributed by atoms with Gasteiger partial charge in [-0.2, -0.15) is 5.10 Å². The van der Waals surface area contributed by atoms with Gasteiger partial charge in [0.15, 0.2) is 0 Å². The molecule has 0 bridgehead atoms. The van der Waals surface area contributed by atoms with Gasteiger partial charge in [0.05, 0.1) is 18.8 Å². The normalized spacial score (nSPS) is 17.4. The number of amides is 2. The molecule has 0 aromatic carbocycles. The van der Waals surface area contributed by atoms with Gasteiger partial charge in [-0.05, 0) is 75.5 Å². The van der Waals surface area contributed by atoms with Crippen molar-refractivity contribution >= 4 is 18.0 Å². The number of pyridine rings is 1. The number of aromatic nitrogens is 3. The molecule has 2 heterocycles. The molecular weight excluding hydrogens is 520 g/mol. The first kappa shape index (κ1) is 29.2. The molecule has 2 aromatic heterocycles. The fourth-order valence-corrected chi connectivity index (χ4v) is 5.12. The van der Waals surface area contributed by atoms with Crippen molar-refractivity contribution in [2.24, 2.45) is 28.5 Å². The summed E-state index contributed by atoms with van der Waals surface area (Å²) >= 11 is 0. The number of halogens is 2. The van der Waals surface area contributed by atoms with Crippen molar-refractivity contribution in [3.05, 3.63) is 53.7 Å². The minimum absolute atomic E-state index is 0.0124. The SMILES string of the molecule is COc1ncccc1C(CC(F)F)N=C/C(=C\N)NC(=O)C(NC(=O)c1ccnn1C(C)C)C(C1CC1)C1CC1. The monoisotopic (exact) mass is 557 g/mol. The Morgan fingerprint density at radius 3 is 2.48 bits per heavy atom. The van der Waals surface area contributed by atoms with Gasteiger partial charge in [-0.25, -0.2) is 13.8 Å². The predicted octanol–water partition coefficient (Wildman–Crippen LogP) is 3.79. The van der Waals surface area contributed by atoms with Gasteiger partial charge in [0, 0.05) is 42.8 Å². The van der Waals surface area contributed by atoms with Crippen molar-refractivity contribution in [3.8, 4) is 5.88 Å². The lowest BCUT2D eigenvalue weighted by Crippen LogP contribution is -2.52. The van der Waals surface area contributed by atoms with Crippen LogP contribution in [0.4, 0.5) is 8.78 Å². The van der Waals surface area contributed by atoms with Crippen molar-refractivity contribution < 1.29 is 23.1 Å². The maximum atomic E-state index is 13.7. The van der Waals surface area contributed by atoms with Crippen molar-refractivity contribution in [2.45, 2.75) is 70.5 Å². The second-order valence-corrected chi connectivity index (χ2v) is 10.6. The molecule has 216 valence electrons. The lowest BCUT2D eigenvalue weighted by atomic mass is 9.88. The van der Waals surface area contributed by atoms with Crippen LogP contribution in [-0.4, -0.2) is 52.4 Å². The molecule has 40 heavy (non-hydrogen) atoms. The molecule has 2 amide bonds. The largest absolute Gasteiger partial charge is 0.481 e. The summed E-state index contributed by atoms with van der Waals surface area (Å²) in [6.45, 7) is 3.84. The third-order valence-electron chi connectivity index (χ3n) is 7.27. The molecule has 2 aromatic rings. The summed E-state index contributed by atoms with van der Waals surface area (Å²) in [5.74, 6) is 0.0665. The number of carbonyl (C=O) groups excluding carboxylic acids is 2. The van der Waals surface area contributed by atoms with E-state index in [4.69, 9.17) is 10.5 Å². The van der Waals surface area contributed by atoms with Crippen LogP contribution >= 0.6 is 0 Å². The highest BCUT2D eigenvalue weighted by molar-refractivity contribution is 5.98. The number of carbonyl (C=O) groups is 2. The molecule has 2 atom stereocenters. The second-order valence-electron chi connectivity index (χ2n) is 10.6. The van der Waals surface area contributed by atoms with E-state index in [1.165, 1.54) is 19.5 Å². The average molecular weight is 558 g/mol. The van der Waals surface area contributed by atoms with Gasteiger partial charge in [0.25, 0.3) is 5.91 Å². The zero-order valence-electron chi connectivity index (χ0n) is 23.0. The lowest BCUT2D eigenvalue weighted by molar-refractivity contribution is -0.123. The van der Waals surface area contributed by atoms with E-state index in [0.29, 0.717) is 23.1 Å². The smallest absolute Gasteiger partial charge is 0.270 e. The molecule has 2 aliphatic carbocycles. The number of hydrogen-bond donors (Lipinski definition) is 3. The van der Waals surface area contributed by atoms with E-state index in [1.807, 2.05) is 13.8 Å². The Hall–Kier alpha value is -3.83. The van der Waals surface area contributed by atoms with Crippen LogP contribution in [0.2, 0.25) is 0 Å². The molecule has 0 saturated heterocycles. The lowest BCUT2D eigenvalue weighted by Gasteiger charge is -2.28. The average Bonchev–Trinajstić information content (AvgIpc) is 3.88. The van der Waals surface area contributed by atoms with Gasteiger partial charge in [-0.3, -0.25) is 19.3 Å². The molecule has 12 heteroatoms. The van der Waals surface area contributed by atoms with Crippen LogP contribution in [0.1, 0.15) is 74.1 Å². The molecular formula is C28H37F2N7O3. The quantitative estimate of drug-likeness (QED) is 0.303. The molecule has 4 rings (SSSR count). The zero-order chi connectivity index (χ0) is 28.8. The van der Waals surface area contributed by atoms with Crippen molar-refractivity contribution in [1.29, 1.82) is 0 Å². The van der Waals surface area contributed by atoms with Gasteiger partial charge >= 0.3 is 0 Å². The number of nitrogens with two attached hydrogens (primary N) is 1. The third kappa shape index (κ3) is 7.22. The molecule has 4 N–H and O–H groups in total. The fraction of sp³-hybridized carbons (Fsp3) is 0.536. The van der Waals surface area contributed by atoms with Gasteiger partial charge < -0.3 is 21.1 Å². The number of alkyl halides is 2. The zero-order valence-corrected chi connectivity index (χ0v) is 23.0. The van der Waals surface area contributed by atoms with Crippen LogP contribution in [0.5, 0.6) is 5.88 Å². The van der Waals surface area contributed by atoms with Crippen LogP contribution in [0, 0.1) is 17.8 Å². The molecule has 2 fully saturated rings. The fourth-order valence-electron chi connectivity index (χ4n) is 5.12. The van der Waals surface area contributed by atoms with Crippen LogP contribution in [0.3, 0.4) is 0 Å². The minimum atomic E-state index is -2.64. The molecule has 0 radical (unpaired) electrons. The Kier molecular flexibility index (Phi) is 9.49. The van der Waals surface area contributed by atoms with Crippen LogP contribution < -0.4 is 21.1 Å². The van der Waals surface area contributed by atoms with E-state index >= 15 is 0 Å². The number of rotatable bonds is 14. The highest BCUT2D eigenvalue weighted by atomic mass is 19.3. The number of ether oxygens (including phenoxy) is 1. The van der Waals surface area contributed by atoms with E-state index in [9.17, 15) is 18.4 Å². The predicted molar refractivity (Wildman–Crippen MR) is 146 cm³/mol. The molecule has 0 aliphatic heterocycles. The first-order chi connectivity index (χ1) is 19.2. The summed E-state index contributed by atoms with van der Waals surface area (Å²) in [5.41, 5.74) is 6.69. The molecule has 2 saturated carbocycles. The Morgan fingerprint density at radius 1 is 1.20 bits per heavy atom. The molecule has 2 aliphatic rings. The Balaban J connectivity index is 1.54. The van der Waals surface area contributed by atoms with Gasteiger partial charge in [0.2, 0.25) is 18.2 Å². The second kappa shape index (κ2) is 13.0. The van der Waals surface area contributed by atoms with E-state index in [-0.39, 0.29) is 29.4 Å². The summed E-state index contributed by atoms with van der Waals surface area (Å²) in [5, 5.41) is 9.97. The molecule has 0 spiro atoms. The molecule has 2 unspecified atom stereocenters. The van der Waals surface area contributed by atoms with Crippen LogP contribution in [0.25, 0.3) is 0 Å². The summed E-state index contributed by atoms with van der Waals surface area (Å²) in [6, 6.07) is 3.04. The summed E-state index contributed by atoms with van der Waals surface area (Å²) in [6.07, 6.45) is 6.29. The minimum Gasteiger partial charge on any atom is -0.481 e. The van der Waals surface area contributed by atoms with Crippen molar-refractivity contribution in [1.82, 2.24) is 25.4 Å². The first-order valence-corrected chi connectivity index (χ1v) is 13.6. The van der Waals surface area contributed by atoms with Crippen LogP contribution in [-0.2, 0) is 4.79 Å². The highest BCUT2D eigenvalue weighted by Gasteiger charge is 2.48. The summed E-state index contributed by atoms with van der Waals surface area (Å²) in [4.78, 5) is 35.4. The number of aliphatic imine (C=N–C) groups is 1. The van der Waals surface area contributed by atoms with Gasteiger partial charge in [-0.15, -0.1) is 0 Å². The van der Waals surface area contributed by atoms with Gasteiger partial charge in [-0.1, -0.05) is 0 Å². The Morgan fingerprint density at radius 2 is 1.90 bits per heavy atom. The van der Waals surface area contributed by atoms with E-state index in [2.05, 4.69) is 25.7 Å².